The van der Waals surface area contributed by atoms with Crippen molar-refractivity contribution in [1.82, 2.24) is 15.6 Å². The largest absolute Gasteiger partial charge is 0.352 e. The number of guanidine groups is 1. The van der Waals surface area contributed by atoms with Gasteiger partial charge >= 0.3 is 0 Å². The lowest BCUT2D eigenvalue weighted by molar-refractivity contribution is -0.119. The van der Waals surface area contributed by atoms with E-state index in [-0.39, 0.29) is 11.8 Å². The minimum atomic E-state index is -0.298. The van der Waals surface area contributed by atoms with Crippen molar-refractivity contribution in [3.63, 3.8) is 0 Å². The Morgan fingerprint density at radius 2 is 1.84 bits per heavy atom. The van der Waals surface area contributed by atoms with Gasteiger partial charge in [0, 0.05) is 35.4 Å². The number of hydrogen-bond donors (Lipinski definition) is 3. The van der Waals surface area contributed by atoms with Crippen molar-refractivity contribution in [3.8, 4) is 0 Å². The molecule has 31 heavy (non-hydrogen) atoms. The number of aromatic nitrogens is 1. The van der Waals surface area contributed by atoms with E-state index in [0.29, 0.717) is 24.6 Å². The lowest BCUT2D eigenvalue weighted by Gasteiger charge is -2.12. The average molecular weight is 480 g/mol. The normalized spacial score (nSPS) is 11.0. The molecular formula is C23H22BrN5O2. The summed E-state index contributed by atoms with van der Waals surface area (Å²) in [7, 11) is 0. The predicted octanol–water partition coefficient (Wildman–Crippen LogP) is 3.88. The van der Waals surface area contributed by atoms with E-state index in [2.05, 4.69) is 41.9 Å². The van der Waals surface area contributed by atoms with Crippen LogP contribution in [0.15, 0.2) is 82.4 Å². The molecule has 1 aromatic heterocycles. The van der Waals surface area contributed by atoms with Gasteiger partial charge in [0.05, 0.1) is 12.2 Å². The maximum Gasteiger partial charge on any atom is 0.257 e. The first kappa shape index (κ1) is 22.2. The summed E-state index contributed by atoms with van der Waals surface area (Å²) in [4.78, 5) is 32.6. The third-order valence-corrected chi connectivity index (χ3v) is 4.70. The molecule has 0 saturated heterocycles. The molecule has 8 heteroatoms. The Bertz CT molecular complexity index is 1070. The Morgan fingerprint density at radius 3 is 2.52 bits per heavy atom. The molecule has 0 aliphatic carbocycles. The number of rotatable bonds is 6. The van der Waals surface area contributed by atoms with Crippen molar-refractivity contribution >= 4 is 39.4 Å². The van der Waals surface area contributed by atoms with Crippen LogP contribution in [0.2, 0.25) is 0 Å². The molecule has 2 amide bonds. The quantitative estimate of drug-likeness (QED) is 0.369. The third-order valence-electron chi connectivity index (χ3n) is 4.20. The van der Waals surface area contributed by atoms with Gasteiger partial charge in [0.25, 0.3) is 5.91 Å². The molecule has 0 unspecified atom stereocenters. The number of carbonyl (C=O) groups excluding carboxylic acids is 2. The Labute approximate surface area is 189 Å². The van der Waals surface area contributed by atoms with Crippen LogP contribution in [0, 0.1) is 0 Å². The van der Waals surface area contributed by atoms with E-state index in [1.54, 1.807) is 30.5 Å². The van der Waals surface area contributed by atoms with Crippen molar-refractivity contribution in [2.75, 3.05) is 5.32 Å². The number of nitrogens with zero attached hydrogens (tertiary/aromatic N) is 2. The zero-order valence-corrected chi connectivity index (χ0v) is 18.5. The van der Waals surface area contributed by atoms with Crippen molar-refractivity contribution in [3.05, 3.63) is 94.2 Å². The summed E-state index contributed by atoms with van der Waals surface area (Å²) in [5, 5.41) is 8.70. The molecule has 0 aliphatic rings. The molecule has 0 bridgehead atoms. The van der Waals surface area contributed by atoms with E-state index in [9.17, 15) is 9.59 Å². The highest BCUT2D eigenvalue weighted by molar-refractivity contribution is 9.10. The van der Waals surface area contributed by atoms with Gasteiger partial charge in [0.1, 0.15) is 0 Å². The SMILES string of the molecule is CC(=O)NCc1ccc(C(=O)NC(=NCc2ccccn2)Nc2cccc(Br)c2)cc1. The van der Waals surface area contributed by atoms with Gasteiger partial charge in [-0.1, -0.05) is 40.2 Å². The van der Waals surface area contributed by atoms with Crippen LogP contribution >= 0.6 is 15.9 Å². The number of benzene rings is 2. The van der Waals surface area contributed by atoms with Crippen molar-refractivity contribution < 1.29 is 9.59 Å². The molecule has 3 rings (SSSR count). The summed E-state index contributed by atoms with van der Waals surface area (Å²) in [5.41, 5.74) is 2.95. The molecule has 158 valence electrons. The highest BCUT2D eigenvalue weighted by Crippen LogP contribution is 2.15. The fraction of sp³-hybridized carbons (Fsp3) is 0.130. The van der Waals surface area contributed by atoms with E-state index in [1.807, 2.05) is 42.5 Å². The Hall–Kier alpha value is -3.52. The van der Waals surface area contributed by atoms with Gasteiger partial charge in [-0.2, -0.15) is 0 Å². The molecule has 7 nitrogen and oxygen atoms in total. The molecule has 1 heterocycles. The average Bonchev–Trinajstić information content (AvgIpc) is 2.77. The maximum atomic E-state index is 12.8. The summed E-state index contributed by atoms with van der Waals surface area (Å²) in [6, 6.07) is 20.2. The van der Waals surface area contributed by atoms with Crippen LogP contribution in [0.3, 0.4) is 0 Å². The van der Waals surface area contributed by atoms with Crippen LogP contribution < -0.4 is 16.0 Å². The Morgan fingerprint density at radius 1 is 1.03 bits per heavy atom. The van der Waals surface area contributed by atoms with Gasteiger partial charge in [0.15, 0.2) is 0 Å². The summed E-state index contributed by atoms with van der Waals surface area (Å²) < 4.78 is 0.905. The van der Waals surface area contributed by atoms with Crippen LogP contribution in [-0.4, -0.2) is 22.8 Å². The minimum absolute atomic E-state index is 0.103. The Kier molecular flexibility index (Phi) is 7.89. The number of aliphatic imine (C=N–C) groups is 1. The summed E-state index contributed by atoms with van der Waals surface area (Å²) >= 11 is 3.44. The van der Waals surface area contributed by atoms with E-state index < -0.39 is 0 Å². The second kappa shape index (κ2) is 11.0. The molecule has 0 atom stereocenters. The molecule has 0 saturated carbocycles. The van der Waals surface area contributed by atoms with E-state index in [1.165, 1.54) is 6.92 Å². The number of hydrogen-bond acceptors (Lipinski definition) is 4. The molecule has 3 aromatic rings. The van der Waals surface area contributed by atoms with E-state index >= 15 is 0 Å². The highest BCUT2D eigenvalue weighted by Gasteiger charge is 2.10. The van der Waals surface area contributed by atoms with Gasteiger partial charge in [-0.15, -0.1) is 0 Å². The second-order valence-electron chi connectivity index (χ2n) is 6.68. The molecular weight excluding hydrogens is 458 g/mol. The molecule has 2 aromatic carbocycles. The molecule has 0 aliphatic heterocycles. The van der Waals surface area contributed by atoms with Crippen molar-refractivity contribution in [1.29, 1.82) is 0 Å². The number of amides is 2. The Balaban J connectivity index is 1.73. The van der Waals surface area contributed by atoms with Gasteiger partial charge < -0.3 is 10.6 Å². The fourth-order valence-electron chi connectivity index (χ4n) is 2.65. The molecule has 3 N–H and O–H groups in total. The monoisotopic (exact) mass is 479 g/mol. The van der Waals surface area contributed by atoms with Crippen LogP contribution in [0.25, 0.3) is 0 Å². The van der Waals surface area contributed by atoms with E-state index in [0.717, 1.165) is 21.4 Å². The van der Waals surface area contributed by atoms with Gasteiger partial charge in [-0.05, 0) is 48.0 Å². The molecule has 0 radical (unpaired) electrons. The zero-order valence-electron chi connectivity index (χ0n) is 16.9. The molecule has 0 spiro atoms. The highest BCUT2D eigenvalue weighted by atomic mass is 79.9. The van der Waals surface area contributed by atoms with Crippen LogP contribution in [0.4, 0.5) is 5.69 Å². The lowest BCUT2D eigenvalue weighted by atomic mass is 10.1. The summed E-state index contributed by atoms with van der Waals surface area (Å²) in [5.74, 6) is -0.0846. The topological polar surface area (TPSA) is 95.5 Å². The van der Waals surface area contributed by atoms with Gasteiger partial charge in [-0.3, -0.25) is 19.9 Å². The van der Waals surface area contributed by atoms with Gasteiger partial charge in [0.2, 0.25) is 11.9 Å². The predicted molar refractivity (Wildman–Crippen MR) is 125 cm³/mol. The smallest absolute Gasteiger partial charge is 0.257 e. The summed E-state index contributed by atoms with van der Waals surface area (Å²) in [6.45, 7) is 2.19. The second-order valence-corrected chi connectivity index (χ2v) is 7.60. The first-order valence-corrected chi connectivity index (χ1v) is 10.4. The van der Waals surface area contributed by atoms with Crippen molar-refractivity contribution in [2.45, 2.75) is 20.0 Å². The van der Waals surface area contributed by atoms with E-state index in [4.69, 9.17) is 0 Å². The first-order valence-electron chi connectivity index (χ1n) is 9.61. The van der Waals surface area contributed by atoms with Gasteiger partial charge in [-0.25, -0.2) is 4.99 Å². The fourth-order valence-corrected chi connectivity index (χ4v) is 3.04. The lowest BCUT2D eigenvalue weighted by Crippen LogP contribution is -2.36. The van der Waals surface area contributed by atoms with Crippen LogP contribution in [0.5, 0.6) is 0 Å². The van der Waals surface area contributed by atoms with Crippen molar-refractivity contribution in [2.24, 2.45) is 4.99 Å². The number of anilines is 1. The number of pyridine rings is 1. The number of halogens is 1. The van der Waals surface area contributed by atoms with Crippen LogP contribution in [0.1, 0.15) is 28.5 Å². The maximum absolute atomic E-state index is 12.8. The standard InChI is InChI=1S/C23H22BrN5O2/c1-16(30)26-14-17-8-10-18(11-9-17)22(31)29-23(27-15-21-6-2-3-12-25-21)28-20-7-4-5-19(24)13-20/h2-13H,14-15H2,1H3,(H,26,30)(H2,27,28,29,31). The zero-order chi connectivity index (χ0) is 22.1. The molecule has 0 fully saturated rings. The third kappa shape index (κ3) is 7.35. The van der Waals surface area contributed by atoms with Crippen LogP contribution in [-0.2, 0) is 17.9 Å². The minimum Gasteiger partial charge on any atom is -0.352 e. The summed E-state index contributed by atoms with van der Waals surface area (Å²) in [6.07, 6.45) is 1.70. The number of nitrogens with one attached hydrogen (secondary N) is 3. The number of carbonyl (C=O) groups is 2. The first-order chi connectivity index (χ1) is 15.0.